The van der Waals surface area contributed by atoms with E-state index in [1.165, 1.54) is 0 Å². The molecule has 0 bridgehead atoms. The number of rotatable bonds is 7. The van der Waals surface area contributed by atoms with Crippen molar-refractivity contribution in [1.82, 2.24) is 15.1 Å². The van der Waals surface area contributed by atoms with Crippen LogP contribution < -0.4 is 5.32 Å². The van der Waals surface area contributed by atoms with Gasteiger partial charge in [0.2, 0.25) is 0 Å². The van der Waals surface area contributed by atoms with Crippen LogP contribution in [0.5, 0.6) is 0 Å². The first-order valence-corrected chi connectivity index (χ1v) is 6.23. The fourth-order valence-corrected chi connectivity index (χ4v) is 2.12. The molecular weight excluding hydrogens is 234 g/mol. The summed E-state index contributed by atoms with van der Waals surface area (Å²) in [6, 6.07) is 1.84. The highest BCUT2D eigenvalue weighted by Crippen LogP contribution is 2.21. The Morgan fingerprint density at radius 3 is 3.17 bits per heavy atom. The molecular formula is C12H21N3O3. The third kappa shape index (κ3) is 3.52. The van der Waals surface area contributed by atoms with Crippen molar-refractivity contribution >= 4 is 0 Å². The molecule has 0 radical (unpaired) electrons. The molecule has 0 amide bonds. The second-order valence-electron chi connectivity index (χ2n) is 4.70. The number of hydrogen-bond donors (Lipinski definition) is 2. The normalized spacial score (nSPS) is 25.4. The Kier molecular flexibility index (Phi) is 4.71. The number of aliphatic hydroxyl groups excluding tert-OH is 1. The Hall–Kier alpha value is -0.950. The molecule has 18 heavy (non-hydrogen) atoms. The third-order valence-corrected chi connectivity index (χ3v) is 3.28. The highest BCUT2D eigenvalue weighted by molar-refractivity contribution is 4.87. The van der Waals surface area contributed by atoms with E-state index in [9.17, 15) is 5.11 Å². The summed E-state index contributed by atoms with van der Waals surface area (Å²) in [4.78, 5) is 0. The lowest BCUT2D eigenvalue weighted by molar-refractivity contribution is -0.0175. The number of hydrogen-bond acceptors (Lipinski definition) is 5. The minimum atomic E-state index is -0.457. The van der Waals surface area contributed by atoms with Crippen molar-refractivity contribution in [2.45, 2.75) is 24.7 Å². The van der Waals surface area contributed by atoms with E-state index in [1.54, 1.807) is 18.0 Å². The Bertz CT molecular complexity index is 336. The molecule has 102 valence electrons. The summed E-state index contributed by atoms with van der Waals surface area (Å²) in [5.41, 5.74) is -0.231. The van der Waals surface area contributed by atoms with E-state index in [2.05, 4.69) is 10.4 Å². The molecule has 1 aromatic heterocycles. The molecule has 1 saturated heterocycles. The monoisotopic (exact) mass is 255 g/mol. The summed E-state index contributed by atoms with van der Waals surface area (Å²) in [5, 5.41) is 17.1. The molecule has 1 aliphatic heterocycles. The number of methoxy groups -OCH3 is 1. The highest BCUT2D eigenvalue weighted by Gasteiger charge is 2.34. The first-order valence-electron chi connectivity index (χ1n) is 6.23. The molecule has 1 aliphatic rings. The summed E-state index contributed by atoms with van der Waals surface area (Å²) in [6.45, 7) is 3.07. The number of aliphatic hydroxyl groups is 1. The van der Waals surface area contributed by atoms with Gasteiger partial charge < -0.3 is 19.9 Å². The van der Waals surface area contributed by atoms with Crippen molar-refractivity contribution < 1.29 is 14.6 Å². The first-order chi connectivity index (χ1) is 8.74. The average Bonchev–Trinajstić information content (AvgIpc) is 3.01. The van der Waals surface area contributed by atoms with E-state index in [0.717, 1.165) is 13.0 Å². The largest absolute Gasteiger partial charge is 0.390 e. The summed E-state index contributed by atoms with van der Waals surface area (Å²) in [7, 11) is 1.70. The molecule has 0 aromatic carbocycles. The van der Waals surface area contributed by atoms with Gasteiger partial charge in [-0.05, 0) is 6.07 Å². The number of ether oxygens (including phenoxy) is 2. The smallest absolute Gasteiger partial charge is 0.106 e. The molecule has 6 heteroatoms. The zero-order valence-corrected chi connectivity index (χ0v) is 10.7. The van der Waals surface area contributed by atoms with Gasteiger partial charge in [0.15, 0.2) is 0 Å². The molecule has 0 spiro atoms. The summed E-state index contributed by atoms with van der Waals surface area (Å²) >= 11 is 0. The topological polar surface area (TPSA) is 68.5 Å². The quantitative estimate of drug-likeness (QED) is 0.696. The lowest BCUT2D eigenvalue weighted by Crippen LogP contribution is -2.45. The molecule has 1 aromatic rings. The van der Waals surface area contributed by atoms with E-state index < -0.39 is 6.10 Å². The molecule has 2 rings (SSSR count). The van der Waals surface area contributed by atoms with E-state index in [0.29, 0.717) is 26.2 Å². The van der Waals surface area contributed by atoms with Crippen LogP contribution in [0.2, 0.25) is 0 Å². The average molecular weight is 255 g/mol. The maximum absolute atomic E-state index is 9.86. The van der Waals surface area contributed by atoms with Gasteiger partial charge in [-0.3, -0.25) is 4.68 Å². The Morgan fingerprint density at radius 1 is 1.67 bits per heavy atom. The Morgan fingerprint density at radius 2 is 2.56 bits per heavy atom. The van der Waals surface area contributed by atoms with Gasteiger partial charge in [-0.25, -0.2) is 0 Å². The molecule has 1 fully saturated rings. The van der Waals surface area contributed by atoms with Crippen molar-refractivity contribution in [3.63, 3.8) is 0 Å². The minimum Gasteiger partial charge on any atom is -0.390 e. The zero-order valence-electron chi connectivity index (χ0n) is 10.7. The van der Waals surface area contributed by atoms with E-state index >= 15 is 0 Å². The van der Waals surface area contributed by atoms with Crippen LogP contribution in [0.1, 0.15) is 6.42 Å². The molecule has 0 aliphatic carbocycles. The van der Waals surface area contributed by atoms with Crippen molar-refractivity contribution in [2.24, 2.45) is 0 Å². The van der Waals surface area contributed by atoms with Crippen LogP contribution in [0, 0.1) is 0 Å². The van der Waals surface area contributed by atoms with Crippen molar-refractivity contribution in [3.8, 4) is 0 Å². The van der Waals surface area contributed by atoms with E-state index in [-0.39, 0.29) is 5.60 Å². The van der Waals surface area contributed by atoms with Gasteiger partial charge in [-0.2, -0.15) is 5.10 Å². The minimum absolute atomic E-state index is 0.231. The van der Waals surface area contributed by atoms with Gasteiger partial charge in [-0.1, -0.05) is 0 Å². The Balaban J connectivity index is 1.68. The Labute approximate surface area is 107 Å². The predicted molar refractivity (Wildman–Crippen MR) is 66.3 cm³/mol. The number of nitrogens with one attached hydrogen (secondary N) is 1. The van der Waals surface area contributed by atoms with Crippen LogP contribution >= 0.6 is 0 Å². The number of nitrogens with zero attached hydrogens (tertiary/aromatic N) is 2. The highest BCUT2D eigenvalue weighted by atomic mass is 16.5. The summed E-state index contributed by atoms with van der Waals surface area (Å²) in [6.07, 6.45) is 3.98. The first kappa shape index (κ1) is 13.5. The molecule has 2 heterocycles. The van der Waals surface area contributed by atoms with Gasteiger partial charge in [0.05, 0.1) is 19.3 Å². The van der Waals surface area contributed by atoms with Crippen LogP contribution in [0.4, 0.5) is 0 Å². The van der Waals surface area contributed by atoms with Crippen LogP contribution in [0.25, 0.3) is 0 Å². The molecule has 6 nitrogen and oxygen atoms in total. The van der Waals surface area contributed by atoms with Gasteiger partial charge in [-0.15, -0.1) is 0 Å². The van der Waals surface area contributed by atoms with Gasteiger partial charge in [0.1, 0.15) is 5.60 Å². The van der Waals surface area contributed by atoms with Crippen LogP contribution in [0.15, 0.2) is 18.5 Å². The lowest BCUT2D eigenvalue weighted by Gasteiger charge is -2.26. The van der Waals surface area contributed by atoms with E-state index in [1.807, 2.05) is 12.3 Å². The van der Waals surface area contributed by atoms with Crippen molar-refractivity contribution in [1.29, 1.82) is 0 Å². The van der Waals surface area contributed by atoms with Crippen molar-refractivity contribution in [3.05, 3.63) is 18.5 Å². The zero-order chi connectivity index (χ0) is 12.8. The molecule has 2 atom stereocenters. The van der Waals surface area contributed by atoms with Gasteiger partial charge >= 0.3 is 0 Å². The van der Waals surface area contributed by atoms with Crippen LogP contribution in [0.3, 0.4) is 0 Å². The second kappa shape index (κ2) is 6.29. The maximum Gasteiger partial charge on any atom is 0.106 e. The lowest BCUT2D eigenvalue weighted by atomic mass is 10.0. The second-order valence-corrected chi connectivity index (χ2v) is 4.70. The van der Waals surface area contributed by atoms with Crippen LogP contribution in [-0.2, 0) is 16.0 Å². The third-order valence-electron chi connectivity index (χ3n) is 3.28. The summed E-state index contributed by atoms with van der Waals surface area (Å²) in [5.74, 6) is 0. The van der Waals surface area contributed by atoms with Gasteiger partial charge in [0.25, 0.3) is 0 Å². The maximum atomic E-state index is 9.86. The predicted octanol–water partition coefficient (Wildman–Crippen LogP) is -0.361. The molecule has 0 saturated carbocycles. The van der Waals surface area contributed by atoms with E-state index in [4.69, 9.17) is 9.47 Å². The SMILES string of the molecule is COC1(CNCC(O)Cn2cccn2)CCOC1. The molecule has 2 unspecified atom stereocenters. The molecule has 2 N–H and O–H groups in total. The number of aromatic nitrogens is 2. The van der Waals surface area contributed by atoms with Crippen LogP contribution in [-0.4, -0.2) is 60.0 Å². The fourth-order valence-electron chi connectivity index (χ4n) is 2.12. The van der Waals surface area contributed by atoms with Gasteiger partial charge in [0, 0.05) is 45.6 Å². The standard InChI is InChI=1S/C12H21N3O3/c1-17-12(3-6-18-10-12)9-13-7-11(16)8-15-5-2-4-14-15/h2,4-5,11,13,16H,3,6-10H2,1H3. The fraction of sp³-hybridized carbons (Fsp3) is 0.750. The summed E-state index contributed by atoms with van der Waals surface area (Å²) < 4.78 is 12.6. The van der Waals surface area contributed by atoms with Crippen molar-refractivity contribution in [2.75, 3.05) is 33.4 Å².